The molecule has 1 aromatic rings. The zero-order chi connectivity index (χ0) is 13.2. The summed E-state index contributed by atoms with van der Waals surface area (Å²) in [6, 6.07) is 0. The van der Waals surface area contributed by atoms with Crippen molar-refractivity contribution in [1.29, 1.82) is 0 Å². The molecule has 1 fully saturated rings. The number of hydrogen-bond acceptors (Lipinski definition) is 4. The minimum absolute atomic E-state index is 0.0810. The highest BCUT2D eigenvalue weighted by Crippen LogP contribution is 2.32. The normalized spacial score (nSPS) is 28.1. The molecule has 0 amide bonds. The summed E-state index contributed by atoms with van der Waals surface area (Å²) in [5, 5.41) is 19.5. The van der Waals surface area contributed by atoms with Gasteiger partial charge < -0.3 is 10.4 Å². The summed E-state index contributed by atoms with van der Waals surface area (Å²) in [6.45, 7) is 2.54. The molecule has 0 spiro atoms. The Morgan fingerprint density at radius 2 is 2.50 bits per heavy atom. The van der Waals surface area contributed by atoms with Crippen LogP contribution >= 0.6 is 11.6 Å². The average molecular weight is 272 g/mol. The first-order valence-electron chi connectivity index (χ1n) is 6.20. The summed E-state index contributed by atoms with van der Waals surface area (Å²) in [5.41, 5.74) is -0.679. The molecule has 0 bridgehead atoms. The highest BCUT2D eigenvalue weighted by Gasteiger charge is 2.32. The van der Waals surface area contributed by atoms with Crippen LogP contribution < -0.4 is 10.9 Å². The Balaban J connectivity index is 2.02. The van der Waals surface area contributed by atoms with Gasteiger partial charge in [-0.2, -0.15) is 5.10 Å². The summed E-state index contributed by atoms with van der Waals surface area (Å²) in [7, 11) is 0. The Morgan fingerprint density at radius 3 is 3.22 bits per heavy atom. The average Bonchev–Trinajstić information content (AvgIpc) is 2.31. The number of aromatic nitrogens is 2. The highest BCUT2D eigenvalue weighted by molar-refractivity contribution is 6.32. The molecule has 1 aromatic heterocycles. The van der Waals surface area contributed by atoms with Crippen LogP contribution in [0.25, 0.3) is 0 Å². The second-order valence-electron chi connectivity index (χ2n) is 5.21. The number of halogens is 1. The molecule has 1 heterocycles. The molecular weight excluding hydrogens is 254 g/mol. The van der Waals surface area contributed by atoms with Gasteiger partial charge in [0.1, 0.15) is 5.02 Å². The van der Waals surface area contributed by atoms with Crippen LogP contribution in [0.3, 0.4) is 0 Å². The first-order chi connectivity index (χ1) is 8.50. The molecule has 3 N–H and O–H groups in total. The number of aromatic amines is 1. The van der Waals surface area contributed by atoms with Crippen LogP contribution in [0, 0.1) is 5.92 Å². The van der Waals surface area contributed by atoms with Crippen molar-refractivity contribution in [3.05, 3.63) is 21.6 Å². The van der Waals surface area contributed by atoms with Crippen LogP contribution in [0.1, 0.15) is 32.6 Å². The summed E-state index contributed by atoms with van der Waals surface area (Å²) in [5.74, 6) is 0.526. The first-order valence-corrected chi connectivity index (χ1v) is 6.57. The van der Waals surface area contributed by atoms with Crippen molar-refractivity contribution >= 4 is 17.3 Å². The Kier molecular flexibility index (Phi) is 3.92. The van der Waals surface area contributed by atoms with Crippen LogP contribution in [0.4, 0.5) is 5.69 Å². The second-order valence-corrected chi connectivity index (χ2v) is 5.58. The van der Waals surface area contributed by atoms with Crippen molar-refractivity contribution in [2.75, 3.05) is 11.9 Å². The molecule has 0 aliphatic heterocycles. The lowest BCUT2D eigenvalue weighted by atomic mass is 9.79. The number of nitrogens with one attached hydrogen (secondary N) is 2. The smallest absolute Gasteiger partial charge is 0.285 e. The van der Waals surface area contributed by atoms with Crippen molar-refractivity contribution in [2.24, 2.45) is 5.92 Å². The molecule has 2 unspecified atom stereocenters. The van der Waals surface area contributed by atoms with Crippen molar-refractivity contribution in [3.8, 4) is 0 Å². The van der Waals surface area contributed by atoms with E-state index >= 15 is 0 Å². The fourth-order valence-electron chi connectivity index (χ4n) is 2.56. The van der Waals surface area contributed by atoms with Gasteiger partial charge in [-0.15, -0.1) is 0 Å². The molecule has 2 rings (SSSR count). The van der Waals surface area contributed by atoms with E-state index in [1.165, 1.54) is 6.20 Å². The monoisotopic (exact) mass is 271 g/mol. The van der Waals surface area contributed by atoms with Crippen LogP contribution in [0.15, 0.2) is 11.0 Å². The molecule has 0 radical (unpaired) electrons. The first kappa shape index (κ1) is 13.4. The largest absolute Gasteiger partial charge is 0.388 e. The maximum Gasteiger partial charge on any atom is 0.285 e. The van der Waals surface area contributed by atoms with Gasteiger partial charge in [-0.05, 0) is 18.8 Å². The molecule has 100 valence electrons. The lowest BCUT2D eigenvalue weighted by Gasteiger charge is -2.35. The van der Waals surface area contributed by atoms with Crippen LogP contribution in [0.2, 0.25) is 5.02 Å². The van der Waals surface area contributed by atoms with Crippen LogP contribution in [0.5, 0.6) is 0 Å². The van der Waals surface area contributed by atoms with Gasteiger partial charge in [-0.25, -0.2) is 5.10 Å². The molecule has 0 saturated heterocycles. The number of hydrogen-bond donors (Lipinski definition) is 3. The molecule has 1 aliphatic carbocycles. The summed E-state index contributed by atoms with van der Waals surface area (Å²) >= 11 is 5.86. The van der Waals surface area contributed by atoms with Gasteiger partial charge in [0.2, 0.25) is 0 Å². The minimum atomic E-state index is -0.719. The van der Waals surface area contributed by atoms with E-state index in [9.17, 15) is 9.90 Å². The van der Waals surface area contributed by atoms with Gasteiger partial charge in [0.15, 0.2) is 0 Å². The van der Waals surface area contributed by atoms with E-state index in [2.05, 4.69) is 22.4 Å². The molecule has 1 aliphatic rings. The van der Waals surface area contributed by atoms with Gasteiger partial charge in [0.25, 0.3) is 5.56 Å². The van der Waals surface area contributed by atoms with Gasteiger partial charge in [0, 0.05) is 6.54 Å². The van der Waals surface area contributed by atoms with Crippen molar-refractivity contribution in [3.63, 3.8) is 0 Å². The van der Waals surface area contributed by atoms with Gasteiger partial charge >= 0.3 is 0 Å². The van der Waals surface area contributed by atoms with E-state index < -0.39 is 11.2 Å². The molecule has 5 nitrogen and oxygen atoms in total. The van der Waals surface area contributed by atoms with E-state index in [4.69, 9.17) is 11.6 Å². The van der Waals surface area contributed by atoms with E-state index in [1.807, 2.05) is 0 Å². The Labute approximate surface area is 111 Å². The number of rotatable bonds is 3. The second kappa shape index (κ2) is 5.28. The third-order valence-corrected chi connectivity index (χ3v) is 3.85. The van der Waals surface area contributed by atoms with E-state index in [0.29, 0.717) is 18.2 Å². The Hall–Kier alpha value is -1.07. The van der Waals surface area contributed by atoms with Crippen LogP contribution in [-0.4, -0.2) is 27.4 Å². The Morgan fingerprint density at radius 1 is 1.72 bits per heavy atom. The quantitative estimate of drug-likeness (QED) is 0.783. The van der Waals surface area contributed by atoms with E-state index in [1.54, 1.807) is 0 Å². The molecule has 6 heteroatoms. The zero-order valence-corrected chi connectivity index (χ0v) is 11.1. The third-order valence-electron chi connectivity index (χ3n) is 3.47. The fourth-order valence-corrected chi connectivity index (χ4v) is 2.72. The predicted molar refractivity (Wildman–Crippen MR) is 70.9 cm³/mol. The van der Waals surface area contributed by atoms with Crippen molar-refractivity contribution < 1.29 is 5.11 Å². The number of H-pyrrole nitrogens is 1. The minimum Gasteiger partial charge on any atom is -0.388 e. The molecule has 0 aromatic carbocycles. The van der Waals surface area contributed by atoms with Gasteiger partial charge in [-0.3, -0.25) is 4.79 Å². The molecule has 2 atom stereocenters. The number of aliphatic hydroxyl groups is 1. The zero-order valence-electron chi connectivity index (χ0n) is 10.4. The molecular formula is C12H18ClN3O2. The van der Waals surface area contributed by atoms with Crippen molar-refractivity contribution in [2.45, 2.75) is 38.2 Å². The third kappa shape index (κ3) is 3.03. The van der Waals surface area contributed by atoms with Crippen molar-refractivity contribution in [1.82, 2.24) is 10.2 Å². The predicted octanol–water partition coefficient (Wildman–Crippen LogP) is 1.78. The standard InChI is InChI=1S/C12H18ClN3O2/c1-8-3-2-4-12(18,5-8)7-14-9-6-15-16-11(17)10(9)13/h6,8,18H,2-5,7H2,1H3,(H2,14,16,17). The Bertz CT molecular complexity index is 477. The summed E-state index contributed by atoms with van der Waals surface area (Å²) in [6.07, 6.45) is 5.20. The van der Waals surface area contributed by atoms with Gasteiger partial charge in [-0.1, -0.05) is 31.4 Å². The maximum atomic E-state index is 11.3. The number of nitrogens with zero attached hydrogens (tertiary/aromatic N) is 1. The fraction of sp³-hybridized carbons (Fsp3) is 0.667. The summed E-state index contributed by atoms with van der Waals surface area (Å²) < 4.78 is 0. The topological polar surface area (TPSA) is 78.0 Å². The SMILES string of the molecule is CC1CCCC(O)(CNc2cn[nH]c(=O)c2Cl)C1. The summed E-state index contributed by atoms with van der Waals surface area (Å²) in [4.78, 5) is 11.3. The van der Waals surface area contributed by atoms with Crippen LogP contribution in [-0.2, 0) is 0 Å². The van der Waals surface area contributed by atoms with Gasteiger partial charge in [0.05, 0.1) is 17.5 Å². The lowest BCUT2D eigenvalue weighted by Crippen LogP contribution is -2.41. The highest BCUT2D eigenvalue weighted by atomic mass is 35.5. The lowest BCUT2D eigenvalue weighted by molar-refractivity contribution is -0.000766. The maximum absolute atomic E-state index is 11.3. The molecule has 1 saturated carbocycles. The van der Waals surface area contributed by atoms with E-state index in [0.717, 1.165) is 25.7 Å². The number of anilines is 1. The van der Waals surface area contributed by atoms with E-state index in [-0.39, 0.29) is 5.02 Å². The molecule has 18 heavy (non-hydrogen) atoms.